The first-order valence-electron chi connectivity index (χ1n) is 16.4. The van der Waals surface area contributed by atoms with E-state index < -0.39 is 0 Å². The molecule has 0 radical (unpaired) electrons. The van der Waals surface area contributed by atoms with Gasteiger partial charge in [0.25, 0.3) is 0 Å². The smallest absolute Gasteiger partial charge is 0.123 e. The molecule has 0 aromatic heterocycles. The SMILES string of the molecule is CCCCCCCCCCCC1=C2C=CC(=N2)C=C2C=CC(=N2)C(c2cc(OC)cc(OC)c2)=C2C=CC(=N2)C=C2C=CC1=N2. The fourth-order valence-corrected chi connectivity index (χ4v) is 6.13. The van der Waals surface area contributed by atoms with Crippen LogP contribution in [0.3, 0.4) is 0 Å². The third kappa shape index (κ3) is 7.39. The second kappa shape index (κ2) is 14.5. The van der Waals surface area contributed by atoms with E-state index in [-0.39, 0.29) is 0 Å². The van der Waals surface area contributed by atoms with Gasteiger partial charge in [0.1, 0.15) is 11.5 Å². The van der Waals surface area contributed by atoms with Crippen LogP contribution in [-0.4, -0.2) is 37.1 Å². The van der Waals surface area contributed by atoms with Crippen molar-refractivity contribution < 1.29 is 9.47 Å². The predicted octanol–water partition coefficient (Wildman–Crippen LogP) is 9.41. The molecule has 6 rings (SSSR count). The average Bonchev–Trinajstić information content (AvgIpc) is 3.88. The number of methoxy groups -OCH3 is 2. The Hall–Kier alpha value is -4.58. The molecule has 0 aliphatic carbocycles. The highest BCUT2D eigenvalue weighted by Crippen LogP contribution is 2.34. The van der Waals surface area contributed by atoms with Gasteiger partial charge >= 0.3 is 0 Å². The van der Waals surface area contributed by atoms with Gasteiger partial charge in [-0.1, -0.05) is 58.3 Å². The van der Waals surface area contributed by atoms with Crippen molar-refractivity contribution in [1.82, 2.24) is 0 Å². The summed E-state index contributed by atoms with van der Waals surface area (Å²) in [6.07, 6.45) is 33.3. The van der Waals surface area contributed by atoms with Crippen molar-refractivity contribution in [3.63, 3.8) is 0 Å². The number of rotatable bonds is 13. The zero-order chi connectivity index (χ0) is 31.0. The lowest BCUT2D eigenvalue weighted by atomic mass is 9.98. The van der Waals surface area contributed by atoms with E-state index in [2.05, 4.69) is 31.2 Å². The van der Waals surface area contributed by atoms with Crippen LogP contribution in [0.2, 0.25) is 0 Å². The van der Waals surface area contributed by atoms with Crippen LogP contribution in [0.25, 0.3) is 5.57 Å². The minimum atomic E-state index is 0.706. The molecule has 0 saturated carbocycles. The molecule has 45 heavy (non-hydrogen) atoms. The number of benzene rings is 1. The second-order valence-corrected chi connectivity index (χ2v) is 11.8. The molecule has 0 saturated heterocycles. The van der Waals surface area contributed by atoms with Crippen molar-refractivity contribution in [3.8, 4) is 11.5 Å². The molecule has 0 N–H and O–H groups in total. The first-order valence-corrected chi connectivity index (χ1v) is 16.4. The third-order valence-electron chi connectivity index (χ3n) is 8.54. The molecule has 5 heterocycles. The van der Waals surface area contributed by atoms with Gasteiger partial charge in [-0.2, -0.15) is 0 Å². The summed E-state index contributed by atoms with van der Waals surface area (Å²) in [5.41, 5.74) is 10.1. The molecule has 6 nitrogen and oxygen atoms in total. The summed E-state index contributed by atoms with van der Waals surface area (Å²) in [7, 11) is 3.32. The maximum absolute atomic E-state index is 5.59. The van der Waals surface area contributed by atoms with Crippen LogP contribution in [0.5, 0.6) is 11.5 Å². The van der Waals surface area contributed by atoms with E-state index in [1.165, 1.54) is 56.9 Å². The third-order valence-corrected chi connectivity index (χ3v) is 8.54. The molecular formula is C39H42N4O2. The highest BCUT2D eigenvalue weighted by Gasteiger charge is 2.22. The molecule has 1 aromatic carbocycles. The highest BCUT2D eigenvalue weighted by molar-refractivity contribution is 6.32. The number of allylic oxidation sites excluding steroid dienone is 12. The number of hydrogen-bond acceptors (Lipinski definition) is 6. The van der Waals surface area contributed by atoms with E-state index in [9.17, 15) is 0 Å². The van der Waals surface area contributed by atoms with Crippen LogP contribution in [0.1, 0.15) is 76.7 Å². The van der Waals surface area contributed by atoms with Crippen LogP contribution in [0, 0.1) is 0 Å². The Kier molecular flexibility index (Phi) is 9.79. The maximum Gasteiger partial charge on any atom is 0.123 e. The van der Waals surface area contributed by atoms with Crippen LogP contribution in [-0.2, 0) is 0 Å². The number of aliphatic imine (C=N–C) groups is 4. The molecule has 0 unspecified atom stereocenters. The van der Waals surface area contributed by atoms with E-state index in [0.29, 0.717) is 11.5 Å². The molecule has 230 valence electrons. The predicted molar refractivity (Wildman–Crippen MR) is 188 cm³/mol. The summed E-state index contributed by atoms with van der Waals surface area (Å²) < 4.78 is 11.2. The summed E-state index contributed by atoms with van der Waals surface area (Å²) in [5, 5.41) is 0. The minimum absolute atomic E-state index is 0.706. The molecule has 5 aliphatic rings. The topological polar surface area (TPSA) is 67.9 Å². The molecule has 0 atom stereocenters. The Morgan fingerprint density at radius 2 is 1.09 bits per heavy atom. The lowest BCUT2D eigenvalue weighted by Gasteiger charge is -2.12. The molecule has 0 fully saturated rings. The molecule has 0 amide bonds. The van der Waals surface area contributed by atoms with Crippen molar-refractivity contribution in [2.24, 2.45) is 20.0 Å². The van der Waals surface area contributed by atoms with Crippen molar-refractivity contribution in [2.75, 3.05) is 14.2 Å². The Labute approximate surface area is 267 Å². The van der Waals surface area contributed by atoms with Crippen LogP contribution >= 0.6 is 0 Å². The lowest BCUT2D eigenvalue weighted by molar-refractivity contribution is 0.394. The number of unbranched alkanes of at least 4 members (excludes halogenated alkanes) is 8. The number of fused-ring (bicyclic) bond motifs is 4. The van der Waals surface area contributed by atoms with Gasteiger partial charge in [0.05, 0.1) is 59.9 Å². The van der Waals surface area contributed by atoms with Crippen molar-refractivity contribution >= 4 is 28.4 Å². The van der Waals surface area contributed by atoms with Gasteiger partial charge in [-0.25, -0.2) is 20.0 Å². The minimum Gasteiger partial charge on any atom is -0.497 e. The zero-order valence-corrected chi connectivity index (χ0v) is 26.7. The fourth-order valence-electron chi connectivity index (χ4n) is 6.13. The van der Waals surface area contributed by atoms with E-state index in [1.54, 1.807) is 14.2 Å². The Bertz CT molecular complexity index is 1690. The summed E-state index contributed by atoms with van der Waals surface area (Å²) >= 11 is 0. The maximum atomic E-state index is 5.59. The average molecular weight is 599 g/mol. The Balaban J connectivity index is 1.31. The van der Waals surface area contributed by atoms with Crippen LogP contribution in [0.15, 0.2) is 127 Å². The largest absolute Gasteiger partial charge is 0.497 e. The Morgan fingerprint density at radius 3 is 1.73 bits per heavy atom. The summed E-state index contributed by atoms with van der Waals surface area (Å²) in [6, 6.07) is 5.85. The second-order valence-electron chi connectivity index (χ2n) is 11.8. The van der Waals surface area contributed by atoms with Crippen LogP contribution < -0.4 is 9.47 Å². The van der Waals surface area contributed by atoms with E-state index in [1.807, 2.05) is 54.7 Å². The van der Waals surface area contributed by atoms with E-state index >= 15 is 0 Å². The van der Waals surface area contributed by atoms with Gasteiger partial charge in [-0.3, -0.25) is 0 Å². The number of nitrogens with zero attached hydrogens (tertiary/aromatic N) is 4. The molecular weight excluding hydrogens is 556 g/mol. The molecule has 5 aliphatic heterocycles. The van der Waals surface area contributed by atoms with E-state index in [4.69, 9.17) is 29.4 Å². The molecule has 0 spiro atoms. The Morgan fingerprint density at radius 1 is 0.533 bits per heavy atom. The van der Waals surface area contributed by atoms with Gasteiger partial charge in [0, 0.05) is 17.2 Å². The normalized spacial score (nSPS) is 17.9. The van der Waals surface area contributed by atoms with Gasteiger partial charge in [-0.05, 0) is 91.3 Å². The van der Waals surface area contributed by atoms with Gasteiger partial charge in [0.2, 0.25) is 0 Å². The quantitative estimate of drug-likeness (QED) is 0.212. The molecule has 8 bridgehead atoms. The van der Waals surface area contributed by atoms with E-state index in [0.717, 1.165) is 69.6 Å². The van der Waals surface area contributed by atoms with Crippen LogP contribution in [0.4, 0.5) is 0 Å². The first kappa shape index (κ1) is 30.4. The van der Waals surface area contributed by atoms with Gasteiger partial charge in [0.15, 0.2) is 0 Å². The fraction of sp³-hybridized carbons (Fsp3) is 0.333. The lowest BCUT2D eigenvalue weighted by Crippen LogP contribution is -2.02. The van der Waals surface area contributed by atoms with Gasteiger partial charge in [-0.15, -0.1) is 0 Å². The van der Waals surface area contributed by atoms with Crippen molar-refractivity contribution in [2.45, 2.75) is 71.1 Å². The molecule has 6 heteroatoms. The summed E-state index contributed by atoms with van der Waals surface area (Å²) in [6.45, 7) is 2.27. The number of hydrogen-bond donors (Lipinski definition) is 0. The molecule has 1 aromatic rings. The first-order chi connectivity index (χ1) is 22.1. The summed E-state index contributed by atoms with van der Waals surface area (Å²) in [4.78, 5) is 20.1. The van der Waals surface area contributed by atoms with Crippen molar-refractivity contribution in [1.29, 1.82) is 0 Å². The zero-order valence-electron chi connectivity index (χ0n) is 26.7. The standard InChI is InChI=1S/C39H42N4O2/c1-4-5-6-7-8-9-10-11-12-13-34-35-18-14-28(40-35)24-30-16-20-37(42-30)39(27-22-32(44-2)26-33(23-27)45-3)38-21-17-31(43-38)25-29-15-19-36(34)41-29/h14-26H,4-13H2,1-3H3. The monoisotopic (exact) mass is 598 g/mol. The number of ether oxygens (including phenoxy) is 2. The summed E-state index contributed by atoms with van der Waals surface area (Å²) in [5.74, 6) is 1.41. The highest BCUT2D eigenvalue weighted by atomic mass is 16.5. The van der Waals surface area contributed by atoms with Crippen molar-refractivity contribution in [3.05, 3.63) is 113 Å². The van der Waals surface area contributed by atoms with Gasteiger partial charge < -0.3 is 9.47 Å².